The van der Waals surface area contributed by atoms with Crippen molar-refractivity contribution in [2.45, 2.75) is 37.8 Å². The molecule has 138 valence electrons. The molecule has 1 heterocycles. The highest BCUT2D eigenvalue weighted by Gasteiger charge is 2.31. The highest BCUT2D eigenvalue weighted by Crippen LogP contribution is 2.34. The van der Waals surface area contributed by atoms with E-state index in [-0.39, 0.29) is 23.4 Å². The van der Waals surface area contributed by atoms with Crippen LogP contribution < -0.4 is 4.90 Å². The molecule has 2 aromatic rings. The summed E-state index contributed by atoms with van der Waals surface area (Å²) in [4.78, 5) is 13.6. The van der Waals surface area contributed by atoms with Crippen LogP contribution in [0.15, 0.2) is 47.4 Å². The van der Waals surface area contributed by atoms with E-state index in [0.717, 1.165) is 15.6 Å². The number of fused-ring (bicyclic) bond motifs is 1. The van der Waals surface area contributed by atoms with Gasteiger partial charge in [-0.3, -0.25) is 4.79 Å². The minimum Gasteiger partial charge on any atom is -0.309 e. The van der Waals surface area contributed by atoms with E-state index in [1.165, 1.54) is 26.1 Å². The summed E-state index contributed by atoms with van der Waals surface area (Å²) in [6, 6.07) is 10.9. The Labute approximate surface area is 153 Å². The van der Waals surface area contributed by atoms with Gasteiger partial charge in [0.1, 0.15) is 5.82 Å². The van der Waals surface area contributed by atoms with E-state index >= 15 is 0 Å². The maximum absolute atomic E-state index is 13.8. The summed E-state index contributed by atoms with van der Waals surface area (Å²) in [5.41, 5.74) is 1.89. The number of hydrogen-bond donors (Lipinski definition) is 0. The standard InChI is InChI=1S/C19H21FN2O3S/c1-13-10-16-11-17(8-9-19(16)22(13)14(2)23)26(24,25)21(3)12-15-6-4-5-7-18(15)20/h4-9,11,13H,10,12H2,1-3H3. The van der Waals surface area contributed by atoms with Crippen LogP contribution in [0.5, 0.6) is 0 Å². The first kappa shape index (κ1) is 18.5. The topological polar surface area (TPSA) is 57.7 Å². The Kier molecular flexibility index (Phi) is 4.86. The molecule has 3 rings (SSSR count). The number of nitrogens with zero attached hydrogens (tertiary/aromatic N) is 2. The van der Waals surface area contributed by atoms with E-state index in [2.05, 4.69) is 0 Å². The van der Waals surface area contributed by atoms with E-state index in [4.69, 9.17) is 0 Å². The second kappa shape index (κ2) is 6.81. The molecule has 0 radical (unpaired) electrons. The lowest BCUT2D eigenvalue weighted by atomic mass is 10.1. The molecule has 0 saturated carbocycles. The Bertz CT molecular complexity index is 959. The summed E-state index contributed by atoms with van der Waals surface area (Å²) < 4.78 is 40.7. The summed E-state index contributed by atoms with van der Waals surface area (Å²) in [6.07, 6.45) is 0.606. The molecular formula is C19H21FN2O3S. The number of carbonyl (C=O) groups is 1. The van der Waals surface area contributed by atoms with Gasteiger partial charge in [-0.05, 0) is 43.2 Å². The average molecular weight is 376 g/mol. The highest BCUT2D eigenvalue weighted by molar-refractivity contribution is 7.89. The Hall–Kier alpha value is -2.25. The molecule has 0 fully saturated rings. The molecule has 0 bridgehead atoms. The monoisotopic (exact) mass is 376 g/mol. The van der Waals surface area contributed by atoms with Crippen molar-refractivity contribution in [2.24, 2.45) is 0 Å². The number of benzene rings is 2. The van der Waals surface area contributed by atoms with Crippen molar-refractivity contribution in [3.05, 3.63) is 59.4 Å². The average Bonchev–Trinajstić information content (AvgIpc) is 2.91. The van der Waals surface area contributed by atoms with Crippen molar-refractivity contribution in [3.63, 3.8) is 0 Å². The van der Waals surface area contributed by atoms with E-state index in [1.807, 2.05) is 6.92 Å². The molecule has 0 aliphatic carbocycles. The predicted molar refractivity (Wildman–Crippen MR) is 97.8 cm³/mol. The third-order valence-corrected chi connectivity index (χ3v) is 6.46. The molecule has 1 aliphatic heterocycles. The number of anilines is 1. The number of amides is 1. The number of hydrogen-bond acceptors (Lipinski definition) is 3. The molecule has 0 N–H and O–H groups in total. The zero-order chi connectivity index (χ0) is 19.1. The quantitative estimate of drug-likeness (QED) is 0.824. The zero-order valence-electron chi connectivity index (χ0n) is 14.9. The lowest BCUT2D eigenvalue weighted by Crippen LogP contribution is -2.33. The Balaban J connectivity index is 1.90. The molecule has 26 heavy (non-hydrogen) atoms. The number of sulfonamides is 1. The first-order chi connectivity index (χ1) is 12.2. The van der Waals surface area contributed by atoms with Crippen LogP contribution in [0.3, 0.4) is 0 Å². The molecule has 7 heteroatoms. The van der Waals surface area contributed by atoms with Crippen molar-refractivity contribution in [1.29, 1.82) is 0 Å². The lowest BCUT2D eigenvalue weighted by Gasteiger charge is -2.21. The SMILES string of the molecule is CC(=O)N1c2ccc(S(=O)(=O)N(C)Cc3ccccc3F)cc2CC1C. The molecule has 0 spiro atoms. The summed E-state index contributed by atoms with van der Waals surface area (Å²) in [6.45, 7) is 3.38. The normalized spacial score (nSPS) is 16.8. The third kappa shape index (κ3) is 3.24. The van der Waals surface area contributed by atoms with Crippen LogP contribution >= 0.6 is 0 Å². The molecular weight excluding hydrogens is 355 g/mol. The van der Waals surface area contributed by atoms with Crippen molar-refractivity contribution in [2.75, 3.05) is 11.9 Å². The maximum Gasteiger partial charge on any atom is 0.243 e. The Morgan fingerprint density at radius 3 is 2.62 bits per heavy atom. The van der Waals surface area contributed by atoms with Crippen molar-refractivity contribution < 1.29 is 17.6 Å². The Morgan fingerprint density at radius 2 is 1.96 bits per heavy atom. The van der Waals surface area contributed by atoms with Gasteiger partial charge in [0.05, 0.1) is 4.90 Å². The second-order valence-electron chi connectivity index (χ2n) is 6.59. The third-order valence-electron chi connectivity index (χ3n) is 4.66. The minimum absolute atomic E-state index is 0.00315. The molecule has 1 amide bonds. The fourth-order valence-corrected chi connectivity index (χ4v) is 4.58. The van der Waals surface area contributed by atoms with E-state index in [9.17, 15) is 17.6 Å². The first-order valence-corrected chi connectivity index (χ1v) is 9.78. The molecule has 0 saturated heterocycles. The summed E-state index contributed by atoms with van der Waals surface area (Å²) in [7, 11) is -2.34. The van der Waals surface area contributed by atoms with Crippen LogP contribution in [-0.2, 0) is 27.8 Å². The van der Waals surface area contributed by atoms with Gasteiger partial charge in [-0.15, -0.1) is 0 Å². The molecule has 1 aliphatic rings. The van der Waals surface area contributed by atoms with Gasteiger partial charge in [0.25, 0.3) is 0 Å². The van der Waals surface area contributed by atoms with Crippen LogP contribution in [0.4, 0.5) is 10.1 Å². The van der Waals surface area contributed by atoms with Gasteiger partial charge >= 0.3 is 0 Å². The van der Waals surface area contributed by atoms with Gasteiger partial charge in [-0.1, -0.05) is 18.2 Å². The number of rotatable bonds is 4. The summed E-state index contributed by atoms with van der Waals surface area (Å²) in [5.74, 6) is -0.502. The van der Waals surface area contributed by atoms with Gasteiger partial charge in [0, 0.05) is 37.8 Å². The highest BCUT2D eigenvalue weighted by atomic mass is 32.2. The fourth-order valence-electron chi connectivity index (χ4n) is 3.38. The van der Waals surface area contributed by atoms with Crippen LogP contribution in [0.25, 0.3) is 0 Å². The predicted octanol–water partition coefficient (Wildman–Crippen LogP) is 2.94. The van der Waals surface area contributed by atoms with Crippen LogP contribution in [0.2, 0.25) is 0 Å². The van der Waals surface area contributed by atoms with Crippen molar-refractivity contribution in [3.8, 4) is 0 Å². The molecule has 1 unspecified atom stereocenters. The maximum atomic E-state index is 13.8. The van der Waals surface area contributed by atoms with Gasteiger partial charge in [-0.2, -0.15) is 4.31 Å². The van der Waals surface area contributed by atoms with Crippen molar-refractivity contribution >= 4 is 21.6 Å². The van der Waals surface area contributed by atoms with Crippen LogP contribution in [0, 0.1) is 5.82 Å². The van der Waals surface area contributed by atoms with E-state index in [1.54, 1.807) is 35.2 Å². The van der Waals surface area contributed by atoms with Crippen molar-refractivity contribution in [1.82, 2.24) is 4.31 Å². The lowest BCUT2D eigenvalue weighted by molar-refractivity contribution is -0.116. The Morgan fingerprint density at radius 1 is 1.27 bits per heavy atom. The minimum atomic E-state index is -3.77. The first-order valence-electron chi connectivity index (χ1n) is 8.34. The number of halogens is 1. The van der Waals surface area contributed by atoms with E-state index in [0.29, 0.717) is 12.0 Å². The van der Waals surface area contributed by atoms with Gasteiger partial charge in [0.2, 0.25) is 15.9 Å². The van der Waals surface area contributed by atoms with Crippen LogP contribution in [0.1, 0.15) is 25.0 Å². The van der Waals surface area contributed by atoms with Crippen LogP contribution in [-0.4, -0.2) is 31.7 Å². The second-order valence-corrected chi connectivity index (χ2v) is 8.63. The molecule has 1 atom stereocenters. The molecule has 0 aromatic heterocycles. The molecule has 2 aromatic carbocycles. The summed E-state index contributed by atoms with van der Waals surface area (Å²) >= 11 is 0. The largest absolute Gasteiger partial charge is 0.309 e. The van der Waals surface area contributed by atoms with E-state index < -0.39 is 15.8 Å². The zero-order valence-corrected chi connectivity index (χ0v) is 15.8. The fraction of sp³-hybridized carbons (Fsp3) is 0.316. The molecule has 5 nitrogen and oxygen atoms in total. The van der Waals surface area contributed by atoms with Gasteiger partial charge in [0.15, 0.2) is 0 Å². The van der Waals surface area contributed by atoms with Gasteiger partial charge < -0.3 is 4.90 Å². The smallest absolute Gasteiger partial charge is 0.243 e. The number of carbonyl (C=O) groups excluding carboxylic acids is 1. The van der Waals surface area contributed by atoms with Gasteiger partial charge in [-0.25, -0.2) is 12.8 Å². The summed E-state index contributed by atoms with van der Waals surface area (Å²) in [5, 5.41) is 0.